The van der Waals surface area contributed by atoms with Gasteiger partial charge in [0.1, 0.15) is 5.75 Å². The molecule has 0 saturated heterocycles. The molecule has 0 bridgehead atoms. The molecule has 0 spiro atoms. The topological polar surface area (TPSA) is 46.2 Å². The number of nitrogens with two attached hydrogens (primary N) is 1. The molecule has 3 heteroatoms. The van der Waals surface area contributed by atoms with E-state index in [1.54, 1.807) is 6.07 Å². The first-order valence-electron chi connectivity index (χ1n) is 5.28. The number of aryl methyl sites for hydroxylation is 1. The fourth-order valence-electron chi connectivity index (χ4n) is 1.75. The third-order valence-electron chi connectivity index (χ3n) is 3.18. The number of phenolic OH excluding ortho intramolecular Hbond substituents is 1. The lowest BCUT2D eigenvalue weighted by atomic mass is 10.0. The van der Waals surface area contributed by atoms with Crippen LogP contribution in [0.25, 0.3) is 0 Å². The lowest BCUT2D eigenvalue weighted by molar-refractivity contribution is 0.463. The van der Waals surface area contributed by atoms with Crippen LogP contribution in [0.4, 0.5) is 0 Å². The number of aromatic hydroxyl groups is 1. The molecule has 0 radical (unpaired) electrons. The van der Waals surface area contributed by atoms with Crippen molar-refractivity contribution in [2.75, 3.05) is 0 Å². The van der Waals surface area contributed by atoms with Crippen molar-refractivity contribution in [2.24, 2.45) is 5.73 Å². The molecule has 0 heterocycles. The van der Waals surface area contributed by atoms with Crippen molar-refractivity contribution in [1.82, 2.24) is 0 Å². The standard InChI is InChI=1S/C12H16BrNO/c1-8-2-3-10(15)9(11(8)13)4-5-12(14)6-7-12/h2-3,15H,4-7,14H2,1H3. The van der Waals surface area contributed by atoms with E-state index in [2.05, 4.69) is 15.9 Å². The highest BCUT2D eigenvalue weighted by Gasteiger charge is 2.37. The van der Waals surface area contributed by atoms with E-state index in [1.165, 1.54) is 0 Å². The third kappa shape index (κ3) is 2.34. The van der Waals surface area contributed by atoms with Crippen LogP contribution in [0.3, 0.4) is 0 Å². The minimum absolute atomic E-state index is 0.0512. The molecule has 3 N–H and O–H groups in total. The van der Waals surface area contributed by atoms with Gasteiger partial charge < -0.3 is 10.8 Å². The highest BCUT2D eigenvalue weighted by atomic mass is 79.9. The Morgan fingerprint density at radius 1 is 1.47 bits per heavy atom. The summed E-state index contributed by atoms with van der Waals surface area (Å²) in [5.41, 5.74) is 8.24. The molecule has 1 fully saturated rings. The summed E-state index contributed by atoms with van der Waals surface area (Å²) in [5.74, 6) is 0.372. The van der Waals surface area contributed by atoms with E-state index in [9.17, 15) is 5.11 Å². The minimum Gasteiger partial charge on any atom is -0.508 e. The van der Waals surface area contributed by atoms with Crippen LogP contribution in [0.1, 0.15) is 30.4 Å². The van der Waals surface area contributed by atoms with Gasteiger partial charge in [0.2, 0.25) is 0 Å². The maximum Gasteiger partial charge on any atom is 0.119 e. The predicted octanol–water partition coefficient (Wildman–Crippen LogP) is 2.89. The first-order valence-corrected chi connectivity index (χ1v) is 6.07. The second-order valence-electron chi connectivity index (χ2n) is 4.56. The lowest BCUT2D eigenvalue weighted by Crippen LogP contribution is -2.22. The van der Waals surface area contributed by atoms with Crippen molar-refractivity contribution in [3.05, 3.63) is 27.7 Å². The van der Waals surface area contributed by atoms with Gasteiger partial charge in [0, 0.05) is 15.6 Å². The van der Waals surface area contributed by atoms with Crippen molar-refractivity contribution in [1.29, 1.82) is 0 Å². The number of benzene rings is 1. The van der Waals surface area contributed by atoms with Gasteiger partial charge in [0.05, 0.1) is 0 Å². The van der Waals surface area contributed by atoms with Gasteiger partial charge >= 0.3 is 0 Å². The Bertz CT molecular complexity index is 385. The Morgan fingerprint density at radius 2 is 2.13 bits per heavy atom. The van der Waals surface area contributed by atoms with Crippen molar-refractivity contribution in [3.63, 3.8) is 0 Å². The zero-order chi connectivity index (χ0) is 11.1. The van der Waals surface area contributed by atoms with Crippen LogP contribution < -0.4 is 5.73 Å². The molecule has 1 aromatic rings. The predicted molar refractivity (Wildman–Crippen MR) is 65.0 cm³/mol. The summed E-state index contributed by atoms with van der Waals surface area (Å²) in [6, 6.07) is 3.67. The normalized spacial score (nSPS) is 17.8. The lowest BCUT2D eigenvalue weighted by Gasteiger charge is -2.12. The number of halogens is 1. The average Bonchev–Trinajstić information content (AvgIpc) is 2.91. The zero-order valence-electron chi connectivity index (χ0n) is 8.89. The highest BCUT2D eigenvalue weighted by Crippen LogP contribution is 2.39. The van der Waals surface area contributed by atoms with E-state index in [-0.39, 0.29) is 5.54 Å². The average molecular weight is 270 g/mol. The van der Waals surface area contributed by atoms with Gasteiger partial charge in [-0.3, -0.25) is 0 Å². The quantitative estimate of drug-likeness (QED) is 0.887. The van der Waals surface area contributed by atoms with Crippen molar-refractivity contribution in [3.8, 4) is 5.75 Å². The fourth-order valence-corrected chi connectivity index (χ4v) is 2.28. The first kappa shape index (κ1) is 11.0. The highest BCUT2D eigenvalue weighted by molar-refractivity contribution is 9.10. The van der Waals surface area contributed by atoms with E-state index in [1.807, 2.05) is 13.0 Å². The van der Waals surface area contributed by atoms with E-state index in [0.717, 1.165) is 41.3 Å². The number of hydrogen-bond acceptors (Lipinski definition) is 2. The van der Waals surface area contributed by atoms with Crippen molar-refractivity contribution in [2.45, 2.75) is 38.1 Å². The molecule has 0 atom stereocenters. The van der Waals surface area contributed by atoms with E-state index < -0.39 is 0 Å². The van der Waals surface area contributed by atoms with Gasteiger partial charge in [-0.25, -0.2) is 0 Å². The summed E-state index contributed by atoms with van der Waals surface area (Å²) in [7, 11) is 0. The van der Waals surface area contributed by atoms with Gasteiger partial charge in [-0.05, 0) is 44.2 Å². The molecule has 0 amide bonds. The summed E-state index contributed by atoms with van der Waals surface area (Å²) in [6.07, 6.45) is 4.06. The zero-order valence-corrected chi connectivity index (χ0v) is 10.5. The molecule has 0 aliphatic heterocycles. The molecule has 1 saturated carbocycles. The maximum absolute atomic E-state index is 9.76. The monoisotopic (exact) mass is 269 g/mol. The van der Waals surface area contributed by atoms with Crippen LogP contribution in [0.5, 0.6) is 5.75 Å². The SMILES string of the molecule is Cc1ccc(O)c(CCC2(N)CC2)c1Br. The number of phenols is 1. The number of rotatable bonds is 3. The van der Waals surface area contributed by atoms with E-state index in [0.29, 0.717) is 5.75 Å². The summed E-state index contributed by atoms with van der Waals surface area (Å²) in [4.78, 5) is 0. The largest absolute Gasteiger partial charge is 0.508 e. The summed E-state index contributed by atoms with van der Waals surface area (Å²) >= 11 is 3.52. The summed E-state index contributed by atoms with van der Waals surface area (Å²) in [6.45, 7) is 2.03. The Balaban J connectivity index is 2.16. The van der Waals surface area contributed by atoms with Crippen LogP contribution in [-0.4, -0.2) is 10.6 Å². The molecule has 15 heavy (non-hydrogen) atoms. The molecule has 1 aromatic carbocycles. The molecule has 0 unspecified atom stereocenters. The molecular formula is C12H16BrNO. The van der Waals surface area contributed by atoms with Crippen molar-refractivity contribution >= 4 is 15.9 Å². The van der Waals surface area contributed by atoms with Crippen LogP contribution in [-0.2, 0) is 6.42 Å². The molecular weight excluding hydrogens is 254 g/mol. The van der Waals surface area contributed by atoms with Crippen LogP contribution in [0.15, 0.2) is 16.6 Å². The molecule has 1 aliphatic rings. The third-order valence-corrected chi connectivity index (χ3v) is 4.28. The Kier molecular flexibility index (Phi) is 2.77. The summed E-state index contributed by atoms with van der Waals surface area (Å²) < 4.78 is 1.02. The van der Waals surface area contributed by atoms with E-state index in [4.69, 9.17) is 5.73 Å². The Hall–Kier alpha value is -0.540. The fraction of sp³-hybridized carbons (Fsp3) is 0.500. The van der Waals surface area contributed by atoms with Gasteiger partial charge in [-0.1, -0.05) is 22.0 Å². The molecule has 0 aromatic heterocycles. The van der Waals surface area contributed by atoms with Gasteiger partial charge in [-0.2, -0.15) is 0 Å². The van der Waals surface area contributed by atoms with Gasteiger partial charge in [0.15, 0.2) is 0 Å². The van der Waals surface area contributed by atoms with E-state index >= 15 is 0 Å². The van der Waals surface area contributed by atoms with Crippen LogP contribution in [0.2, 0.25) is 0 Å². The Labute approximate surface area is 98.6 Å². The molecule has 1 aliphatic carbocycles. The van der Waals surface area contributed by atoms with Crippen molar-refractivity contribution < 1.29 is 5.11 Å². The molecule has 82 valence electrons. The second-order valence-corrected chi connectivity index (χ2v) is 5.35. The second kappa shape index (κ2) is 3.80. The first-order chi connectivity index (χ1) is 7.02. The van der Waals surface area contributed by atoms with Gasteiger partial charge in [0.25, 0.3) is 0 Å². The van der Waals surface area contributed by atoms with Crippen LogP contribution in [0, 0.1) is 6.92 Å². The minimum atomic E-state index is 0.0512. The summed E-state index contributed by atoms with van der Waals surface area (Å²) in [5, 5.41) is 9.76. The Morgan fingerprint density at radius 3 is 2.73 bits per heavy atom. The number of hydrogen-bond donors (Lipinski definition) is 2. The maximum atomic E-state index is 9.76. The molecule has 2 nitrogen and oxygen atoms in total. The molecule has 2 rings (SSSR count). The van der Waals surface area contributed by atoms with Gasteiger partial charge in [-0.15, -0.1) is 0 Å². The smallest absolute Gasteiger partial charge is 0.119 e. The van der Waals surface area contributed by atoms with Crippen LogP contribution >= 0.6 is 15.9 Å².